The number of aryl methyl sites for hydroxylation is 1. The lowest BCUT2D eigenvalue weighted by atomic mass is 10.2. The van der Waals surface area contributed by atoms with Crippen LogP contribution in [0.3, 0.4) is 0 Å². The minimum Gasteiger partial charge on any atom is -0.378 e. The van der Waals surface area contributed by atoms with Gasteiger partial charge in [0.15, 0.2) is 0 Å². The average Bonchev–Trinajstić information content (AvgIpc) is 2.53. The maximum atomic E-state index is 12.4. The van der Waals surface area contributed by atoms with Crippen LogP contribution in [0.25, 0.3) is 0 Å². The number of nitrogens with zero attached hydrogens (tertiary/aromatic N) is 1. The van der Waals surface area contributed by atoms with Crippen LogP contribution < -0.4 is 4.72 Å². The third-order valence-electron chi connectivity index (χ3n) is 3.43. The Kier molecular flexibility index (Phi) is 5.85. The Bertz CT molecular complexity index is 610. The molecule has 1 fully saturated rings. The van der Waals surface area contributed by atoms with Crippen molar-refractivity contribution in [3.05, 3.63) is 29.8 Å². The van der Waals surface area contributed by atoms with Crippen LogP contribution in [0.2, 0.25) is 0 Å². The molecule has 1 aromatic rings. The van der Waals surface area contributed by atoms with E-state index in [1.807, 2.05) is 6.92 Å². The summed E-state index contributed by atoms with van der Waals surface area (Å²) in [5.41, 5.74) is 0.967. The Labute approximate surface area is 136 Å². The van der Waals surface area contributed by atoms with Gasteiger partial charge in [0.05, 0.1) is 18.1 Å². The van der Waals surface area contributed by atoms with Crippen molar-refractivity contribution in [1.29, 1.82) is 0 Å². The lowest BCUT2D eigenvalue weighted by Gasteiger charge is -2.30. The molecular formula is C14H20N2O4S2. The zero-order valence-electron chi connectivity index (χ0n) is 12.4. The molecule has 1 aliphatic heterocycles. The normalized spacial score (nSPS) is 17.3. The van der Waals surface area contributed by atoms with Crippen molar-refractivity contribution in [2.45, 2.75) is 17.9 Å². The van der Waals surface area contributed by atoms with Crippen LogP contribution in [0.1, 0.15) is 5.56 Å². The molecule has 1 aliphatic rings. The maximum Gasteiger partial charge on any atom is 0.241 e. The van der Waals surface area contributed by atoms with Crippen LogP contribution in [-0.4, -0.2) is 57.3 Å². The van der Waals surface area contributed by atoms with E-state index in [9.17, 15) is 13.2 Å². The number of carbonyl (C=O) groups excluding carboxylic acids is 1. The number of nitrogens with one attached hydrogen (secondary N) is 1. The Morgan fingerprint density at radius 1 is 1.32 bits per heavy atom. The van der Waals surface area contributed by atoms with Crippen LogP contribution in [0.4, 0.5) is 0 Å². The van der Waals surface area contributed by atoms with Gasteiger partial charge < -0.3 is 9.64 Å². The van der Waals surface area contributed by atoms with Gasteiger partial charge in [0, 0.05) is 18.8 Å². The van der Waals surface area contributed by atoms with Gasteiger partial charge in [-0.3, -0.25) is 4.79 Å². The molecule has 2 rings (SSSR count). The summed E-state index contributed by atoms with van der Waals surface area (Å²) in [7, 11) is -3.75. The number of sulfonamides is 1. The van der Waals surface area contributed by atoms with Crippen LogP contribution in [0.15, 0.2) is 29.2 Å². The number of thiol groups is 1. The van der Waals surface area contributed by atoms with Gasteiger partial charge in [-0.2, -0.15) is 17.4 Å². The Morgan fingerprint density at radius 2 is 1.91 bits per heavy atom. The Hall–Kier alpha value is -1.09. The van der Waals surface area contributed by atoms with E-state index in [0.717, 1.165) is 5.56 Å². The number of morpholine rings is 1. The molecule has 1 heterocycles. The molecule has 1 N–H and O–H groups in total. The second-order valence-corrected chi connectivity index (χ2v) is 7.19. The second kappa shape index (κ2) is 7.45. The van der Waals surface area contributed by atoms with Gasteiger partial charge in [-0.25, -0.2) is 8.42 Å². The van der Waals surface area contributed by atoms with Gasteiger partial charge in [0.2, 0.25) is 15.9 Å². The fourth-order valence-corrected chi connectivity index (χ4v) is 3.70. The fraction of sp³-hybridized carbons (Fsp3) is 0.500. The molecular weight excluding hydrogens is 324 g/mol. The lowest BCUT2D eigenvalue weighted by Crippen LogP contribution is -2.52. The quantitative estimate of drug-likeness (QED) is 0.760. The summed E-state index contributed by atoms with van der Waals surface area (Å²) in [6.07, 6.45) is 0. The standard InChI is InChI=1S/C14H20N2O4S2/c1-11-2-4-12(5-3-11)22(18,19)15-13(10-21)14(17)16-6-8-20-9-7-16/h2-5,13,15,21H,6-10H2,1H3. The van der Waals surface area contributed by atoms with Crippen LogP contribution in [0.5, 0.6) is 0 Å². The van der Waals surface area contributed by atoms with Crippen molar-refractivity contribution in [3.8, 4) is 0 Å². The lowest BCUT2D eigenvalue weighted by molar-refractivity contribution is -0.136. The summed E-state index contributed by atoms with van der Waals surface area (Å²) >= 11 is 4.11. The number of benzene rings is 1. The minimum absolute atomic E-state index is 0.0985. The van der Waals surface area contributed by atoms with Gasteiger partial charge >= 0.3 is 0 Å². The van der Waals surface area contributed by atoms with Gasteiger partial charge in [0.1, 0.15) is 6.04 Å². The van der Waals surface area contributed by atoms with E-state index < -0.39 is 16.1 Å². The van der Waals surface area contributed by atoms with Gasteiger partial charge in [-0.15, -0.1) is 0 Å². The molecule has 0 aliphatic carbocycles. The van der Waals surface area contributed by atoms with Crippen LogP contribution in [-0.2, 0) is 19.6 Å². The first-order valence-electron chi connectivity index (χ1n) is 7.00. The largest absolute Gasteiger partial charge is 0.378 e. The monoisotopic (exact) mass is 344 g/mol. The van der Waals surface area contributed by atoms with Crippen molar-refractivity contribution in [1.82, 2.24) is 9.62 Å². The van der Waals surface area contributed by atoms with Crippen molar-refractivity contribution in [2.75, 3.05) is 32.1 Å². The summed E-state index contributed by atoms with van der Waals surface area (Å²) in [6.45, 7) is 3.75. The Morgan fingerprint density at radius 3 is 2.45 bits per heavy atom. The fourth-order valence-electron chi connectivity index (χ4n) is 2.14. The first-order valence-corrected chi connectivity index (χ1v) is 9.12. The van der Waals surface area contributed by atoms with Crippen LogP contribution in [0, 0.1) is 6.92 Å². The molecule has 1 unspecified atom stereocenters. The molecule has 1 aromatic carbocycles. The van der Waals surface area contributed by atoms with E-state index in [1.54, 1.807) is 17.0 Å². The summed E-state index contributed by atoms with van der Waals surface area (Å²) < 4.78 is 32.4. The molecule has 0 bridgehead atoms. The van der Waals surface area contributed by atoms with Crippen molar-refractivity contribution >= 4 is 28.6 Å². The number of hydrogen-bond donors (Lipinski definition) is 2. The summed E-state index contributed by atoms with van der Waals surface area (Å²) in [5.74, 6) is -0.171. The molecule has 0 radical (unpaired) electrons. The highest BCUT2D eigenvalue weighted by molar-refractivity contribution is 7.89. The zero-order valence-corrected chi connectivity index (χ0v) is 14.1. The number of amides is 1. The van der Waals surface area contributed by atoms with Crippen molar-refractivity contribution < 1.29 is 17.9 Å². The van der Waals surface area contributed by atoms with Gasteiger partial charge in [-0.05, 0) is 19.1 Å². The smallest absolute Gasteiger partial charge is 0.241 e. The summed E-state index contributed by atoms with van der Waals surface area (Å²) in [6, 6.07) is 5.59. The van der Waals surface area contributed by atoms with E-state index >= 15 is 0 Å². The molecule has 0 saturated carbocycles. The van der Waals surface area contributed by atoms with E-state index in [1.165, 1.54) is 12.1 Å². The summed E-state index contributed by atoms with van der Waals surface area (Å²) in [5, 5.41) is 0. The maximum absolute atomic E-state index is 12.4. The molecule has 0 spiro atoms. The predicted molar refractivity (Wildman–Crippen MR) is 86.5 cm³/mol. The van der Waals surface area contributed by atoms with E-state index in [-0.39, 0.29) is 16.6 Å². The molecule has 0 aromatic heterocycles. The molecule has 8 heteroatoms. The van der Waals surface area contributed by atoms with E-state index in [4.69, 9.17) is 4.74 Å². The van der Waals surface area contributed by atoms with Crippen LogP contribution >= 0.6 is 12.6 Å². The number of hydrogen-bond acceptors (Lipinski definition) is 5. The van der Waals surface area contributed by atoms with E-state index in [0.29, 0.717) is 26.3 Å². The molecule has 1 saturated heterocycles. The second-order valence-electron chi connectivity index (χ2n) is 5.11. The zero-order chi connectivity index (χ0) is 16.2. The molecule has 122 valence electrons. The topological polar surface area (TPSA) is 75.7 Å². The molecule has 1 amide bonds. The highest BCUT2D eigenvalue weighted by Gasteiger charge is 2.29. The highest BCUT2D eigenvalue weighted by Crippen LogP contribution is 2.12. The first-order chi connectivity index (χ1) is 10.4. The third-order valence-corrected chi connectivity index (χ3v) is 5.28. The minimum atomic E-state index is -3.75. The highest BCUT2D eigenvalue weighted by atomic mass is 32.2. The van der Waals surface area contributed by atoms with Gasteiger partial charge in [0.25, 0.3) is 0 Å². The SMILES string of the molecule is Cc1ccc(S(=O)(=O)NC(CS)C(=O)N2CCOCC2)cc1. The molecule has 1 atom stereocenters. The number of ether oxygens (including phenoxy) is 1. The predicted octanol–water partition coefficient (Wildman–Crippen LogP) is 0.431. The first kappa shape index (κ1) is 17.3. The van der Waals surface area contributed by atoms with Crippen molar-refractivity contribution in [3.63, 3.8) is 0 Å². The van der Waals surface area contributed by atoms with E-state index in [2.05, 4.69) is 17.4 Å². The Balaban J connectivity index is 2.11. The summed E-state index contributed by atoms with van der Waals surface area (Å²) in [4.78, 5) is 14.1. The molecule has 6 nitrogen and oxygen atoms in total. The number of rotatable bonds is 5. The average molecular weight is 344 g/mol. The van der Waals surface area contributed by atoms with Gasteiger partial charge in [-0.1, -0.05) is 17.7 Å². The number of carbonyl (C=O) groups is 1. The molecule has 22 heavy (non-hydrogen) atoms. The third kappa shape index (κ3) is 4.22. The van der Waals surface area contributed by atoms with Crippen molar-refractivity contribution in [2.24, 2.45) is 0 Å².